The summed E-state index contributed by atoms with van der Waals surface area (Å²) in [4.78, 5) is 0. The molecule has 0 fully saturated rings. The van der Waals surface area contributed by atoms with Crippen molar-refractivity contribution in [1.82, 2.24) is 5.32 Å². The number of hydrogen-bond acceptors (Lipinski definition) is 4. The molecule has 0 heterocycles. The predicted octanol–water partition coefficient (Wildman–Crippen LogP) is 1.49. The van der Waals surface area contributed by atoms with Gasteiger partial charge in [0.1, 0.15) is 5.75 Å². The Balaban J connectivity index is 2.00. The molecule has 1 aromatic rings. The summed E-state index contributed by atoms with van der Waals surface area (Å²) in [5.41, 5.74) is 1.31. The molecule has 0 aliphatic rings. The van der Waals surface area contributed by atoms with Crippen molar-refractivity contribution >= 4 is 0 Å². The molecule has 18 heavy (non-hydrogen) atoms. The fraction of sp³-hybridized carbons (Fsp3) is 0.571. The van der Waals surface area contributed by atoms with Crippen LogP contribution < -0.4 is 10.1 Å². The molecular weight excluding hydrogens is 230 g/mol. The summed E-state index contributed by atoms with van der Waals surface area (Å²) >= 11 is 0. The van der Waals surface area contributed by atoms with Gasteiger partial charge in [-0.25, -0.2) is 0 Å². The summed E-state index contributed by atoms with van der Waals surface area (Å²) in [6, 6.07) is 8.16. The van der Waals surface area contributed by atoms with Gasteiger partial charge in [0.05, 0.1) is 26.9 Å². The Kier molecular flexibility index (Phi) is 8.21. The molecule has 4 heteroatoms. The highest BCUT2D eigenvalue weighted by molar-refractivity contribution is 5.27. The van der Waals surface area contributed by atoms with Gasteiger partial charge in [-0.3, -0.25) is 0 Å². The molecule has 0 spiro atoms. The predicted molar refractivity (Wildman–Crippen MR) is 72.3 cm³/mol. The zero-order valence-corrected chi connectivity index (χ0v) is 11.3. The van der Waals surface area contributed by atoms with Gasteiger partial charge in [0.2, 0.25) is 0 Å². The van der Waals surface area contributed by atoms with E-state index in [4.69, 9.17) is 14.2 Å². The average Bonchev–Trinajstić information content (AvgIpc) is 2.42. The van der Waals surface area contributed by atoms with Gasteiger partial charge in [-0.1, -0.05) is 12.1 Å². The number of ether oxygens (including phenoxy) is 3. The normalized spacial score (nSPS) is 10.6. The lowest BCUT2D eigenvalue weighted by atomic mass is 10.1. The molecule has 0 aromatic heterocycles. The largest absolute Gasteiger partial charge is 0.497 e. The van der Waals surface area contributed by atoms with Crippen LogP contribution in [0.3, 0.4) is 0 Å². The summed E-state index contributed by atoms with van der Waals surface area (Å²) in [7, 11) is 3.36. The first-order chi connectivity index (χ1) is 8.86. The first-order valence-corrected chi connectivity index (χ1v) is 6.27. The summed E-state index contributed by atoms with van der Waals surface area (Å²) in [5.74, 6) is 0.901. The Morgan fingerprint density at radius 2 is 1.72 bits per heavy atom. The highest BCUT2D eigenvalue weighted by Gasteiger charge is 1.94. The maximum Gasteiger partial charge on any atom is 0.118 e. The minimum Gasteiger partial charge on any atom is -0.497 e. The van der Waals surface area contributed by atoms with Gasteiger partial charge in [-0.05, 0) is 30.7 Å². The van der Waals surface area contributed by atoms with Gasteiger partial charge in [0.25, 0.3) is 0 Å². The van der Waals surface area contributed by atoms with E-state index in [1.807, 2.05) is 12.1 Å². The van der Waals surface area contributed by atoms with Gasteiger partial charge in [0.15, 0.2) is 0 Å². The van der Waals surface area contributed by atoms with Crippen LogP contribution in [0.2, 0.25) is 0 Å². The van der Waals surface area contributed by atoms with E-state index in [-0.39, 0.29) is 0 Å². The lowest BCUT2D eigenvalue weighted by Gasteiger charge is -2.06. The fourth-order valence-corrected chi connectivity index (χ4v) is 1.54. The molecule has 0 bridgehead atoms. The molecule has 4 nitrogen and oxygen atoms in total. The first kappa shape index (κ1) is 15.0. The number of nitrogens with one attached hydrogen (secondary N) is 1. The van der Waals surface area contributed by atoms with Crippen LogP contribution >= 0.6 is 0 Å². The van der Waals surface area contributed by atoms with E-state index < -0.39 is 0 Å². The summed E-state index contributed by atoms with van der Waals surface area (Å²) in [6.07, 6.45) is 1.02. The lowest BCUT2D eigenvalue weighted by Crippen LogP contribution is -2.22. The van der Waals surface area contributed by atoms with E-state index in [2.05, 4.69) is 17.4 Å². The Labute approximate surface area is 109 Å². The van der Waals surface area contributed by atoms with Crippen molar-refractivity contribution in [3.05, 3.63) is 29.8 Å². The van der Waals surface area contributed by atoms with E-state index in [0.29, 0.717) is 13.2 Å². The third kappa shape index (κ3) is 6.59. The molecule has 0 atom stereocenters. The fourth-order valence-electron chi connectivity index (χ4n) is 1.54. The molecule has 0 unspecified atom stereocenters. The molecule has 0 aliphatic heterocycles. The second-order valence-corrected chi connectivity index (χ2v) is 3.95. The van der Waals surface area contributed by atoms with E-state index in [9.17, 15) is 0 Å². The van der Waals surface area contributed by atoms with E-state index in [0.717, 1.165) is 31.9 Å². The maximum absolute atomic E-state index is 5.35. The Hall–Kier alpha value is -1.10. The number of methoxy groups -OCH3 is 2. The minimum atomic E-state index is 0.659. The molecular formula is C14H23NO3. The summed E-state index contributed by atoms with van der Waals surface area (Å²) in [6.45, 7) is 3.88. The maximum atomic E-state index is 5.35. The molecule has 0 saturated carbocycles. The van der Waals surface area contributed by atoms with Crippen LogP contribution in [-0.2, 0) is 15.9 Å². The van der Waals surface area contributed by atoms with Crippen molar-refractivity contribution in [3.8, 4) is 5.75 Å². The molecule has 0 saturated heterocycles. The zero-order chi connectivity index (χ0) is 13.1. The smallest absolute Gasteiger partial charge is 0.118 e. The van der Waals surface area contributed by atoms with Crippen molar-refractivity contribution in [1.29, 1.82) is 0 Å². The van der Waals surface area contributed by atoms with Crippen LogP contribution in [0.1, 0.15) is 5.56 Å². The summed E-state index contributed by atoms with van der Waals surface area (Å²) < 4.78 is 15.4. The second-order valence-electron chi connectivity index (χ2n) is 3.95. The van der Waals surface area contributed by atoms with Crippen molar-refractivity contribution in [2.45, 2.75) is 6.42 Å². The zero-order valence-electron chi connectivity index (χ0n) is 11.3. The van der Waals surface area contributed by atoms with Crippen LogP contribution in [0.25, 0.3) is 0 Å². The van der Waals surface area contributed by atoms with Crippen LogP contribution in [0.5, 0.6) is 5.75 Å². The highest BCUT2D eigenvalue weighted by Crippen LogP contribution is 2.11. The van der Waals surface area contributed by atoms with Gasteiger partial charge >= 0.3 is 0 Å². The van der Waals surface area contributed by atoms with Gasteiger partial charge in [-0.15, -0.1) is 0 Å². The van der Waals surface area contributed by atoms with Crippen LogP contribution in [0, 0.1) is 0 Å². The number of benzene rings is 1. The third-order valence-electron chi connectivity index (χ3n) is 2.60. The van der Waals surface area contributed by atoms with Crippen molar-refractivity contribution in [2.75, 3.05) is 47.1 Å². The third-order valence-corrected chi connectivity index (χ3v) is 2.60. The average molecular weight is 253 g/mol. The SMILES string of the molecule is COCCOCCNCCc1ccc(OC)cc1. The monoisotopic (exact) mass is 253 g/mol. The minimum absolute atomic E-state index is 0.659. The van der Waals surface area contributed by atoms with Crippen molar-refractivity contribution in [3.63, 3.8) is 0 Å². The molecule has 1 aromatic carbocycles. The molecule has 102 valence electrons. The van der Waals surface area contributed by atoms with Gasteiger partial charge in [0, 0.05) is 13.7 Å². The van der Waals surface area contributed by atoms with Crippen LogP contribution in [0.4, 0.5) is 0 Å². The van der Waals surface area contributed by atoms with E-state index >= 15 is 0 Å². The second kappa shape index (κ2) is 9.88. The molecule has 0 radical (unpaired) electrons. The van der Waals surface area contributed by atoms with Gasteiger partial charge in [-0.2, -0.15) is 0 Å². The van der Waals surface area contributed by atoms with Crippen molar-refractivity contribution in [2.24, 2.45) is 0 Å². The Morgan fingerprint density at radius 3 is 2.39 bits per heavy atom. The highest BCUT2D eigenvalue weighted by atomic mass is 16.5. The quantitative estimate of drug-likeness (QED) is 0.641. The molecule has 1 rings (SSSR count). The topological polar surface area (TPSA) is 39.7 Å². The van der Waals surface area contributed by atoms with Crippen LogP contribution in [0.15, 0.2) is 24.3 Å². The Bertz CT molecular complexity index is 300. The summed E-state index contributed by atoms with van der Waals surface area (Å²) in [5, 5.41) is 3.34. The Morgan fingerprint density at radius 1 is 0.944 bits per heavy atom. The first-order valence-electron chi connectivity index (χ1n) is 6.27. The number of hydrogen-bond donors (Lipinski definition) is 1. The standard InChI is InChI=1S/C14H23NO3/c1-16-11-12-18-10-9-15-8-7-13-3-5-14(17-2)6-4-13/h3-6,15H,7-12H2,1-2H3. The van der Waals surface area contributed by atoms with E-state index in [1.165, 1.54) is 5.56 Å². The lowest BCUT2D eigenvalue weighted by molar-refractivity contribution is 0.0721. The van der Waals surface area contributed by atoms with Gasteiger partial charge < -0.3 is 19.5 Å². The number of rotatable bonds is 10. The molecule has 0 aliphatic carbocycles. The van der Waals surface area contributed by atoms with Crippen LogP contribution in [-0.4, -0.2) is 47.1 Å². The molecule has 1 N–H and O–H groups in total. The van der Waals surface area contributed by atoms with E-state index in [1.54, 1.807) is 14.2 Å². The molecule has 0 amide bonds. The van der Waals surface area contributed by atoms with Crippen molar-refractivity contribution < 1.29 is 14.2 Å².